The van der Waals surface area contributed by atoms with Crippen molar-refractivity contribution in [1.82, 2.24) is 0 Å². The van der Waals surface area contributed by atoms with Crippen molar-refractivity contribution < 1.29 is 0 Å². The predicted octanol–water partition coefficient (Wildman–Crippen LogP) is 6.63. The lowest BCUT2D eigenvalue weighted by Gasteiger charge is -2.29. The highest BCUT2D eigenvalue weighted by atomic mass is 32.2. The minimum atomic E-state index is 0.688. The van der Waals surface area contributed by atoms with Crippen molar-refractivity contribution in [3.63, 3.8) is 0 Å². The van der Waals surface area contributed by atoms with Crippen molar-refractivity contribution in [1.29, 1.82) is 0 Å². The molecular formula is C19H28S2. The number of benzene rings is 1. The zero-order valence-electron chi connectivity index (χ0n) is 13.2. The van der Waals surface area contributed by atoms with Crippen LogP contribution in [0.25, 0.3) is 0 Å². The fraction of sp³-hybridized carbons (Fsp3) is 0.684. The van der Waals surface area contributed by atoms with Crippen LogP contribution in [0.3, 0.4) is 0 Å². The third-order valence-corrected chi connectivity index (χ3v) is 8.07. The summed E-state index contributed by atoms with van der Waals surface area (Å²) in [6, 6.07) is 9.67. The third kappa shape index (κ3) is 4.22. The molecule has 2 fully saturated rings. The van der Waals surface area contributed by atoms with Crippen molar-refractivity contribution in [3.05, 3.63) is 35.4 Å². The van der Waals surface area contributed by atoms with Gasteiger partial charge in [-0.3, -0.25) is 0 Å². The van der Waals surface area contributed by atoms with Gasteiger partial charge in [0.25, 0.3) is 0 Å². The van der Waals surface area contributed by atoms with E-state index in [1.807, 2.05) is 0 Å². The van der Waals surface area contributed by atoms with E-state index in [1.165, 1.54) is 62.0 Å². The summed E-state index contributed by atoms with van der Waals surface area (Å²) in [5.74, 6) is 4.52. The smallest absolute Gasteiger partial charge is 0.0751 e. The molecule has 0 aromatic heterocycles. The Labute approximate surface area is 138 Å². The summed E-state index contributed by atoms with van der Waals surface area (Å²) in [4.78, 5) is 0. The second-order valence-electron chi connectivity index (χ2n) is 6.60. The number of rotatable bonds is 4. The Morgan fingerprint density at radius 1 is 0.905 bits per heavy atom. The number of hydrogen-bond acceptors (Lipinski definition) is 2. The topological polar surface area (TPSA) is 0 Å². The van der Waals surface area contributed by atoms with E-state index >= 15 is 0 Å². The predicted molar refractivity (Wildman–Crippen MR) is 98.3 cm³/mol. The molecule has 3 rings (SSSR count). The zero-order chi connectivity index (χ0) is 14.5. The molecule has 0 nitrogen and oxygen atoms in total. The van der Waals surface area contributed by atoms with Gasteiger partial charge in [0.1, 0.15) is 0 Å². The number of hydrogen-bond donors (Lipinski definition) is 0. The van der Waals surface area contributed by atoms with Crippen LogP contribution in [0.5, 0.6) is 0 Å². The van der Waals surface area contributed by atoms with Gasteiger partial charge in [0, 0.05) is 0 Å². The van der Waals surface area contributed by atoms with E-state index in [9.17, 15) is 0 Å². The monoisotopic (exact) mass is 320 g/mol. The van der Waals surface area contributed by atoms with Crippen LogP contribution in [-0.4, -0.2) is 11.5 Å². The van der Waals surface area contributed by atoms with Crippen LogP contribution in [0.2, 0.25) is 0 Å². The Morgan fingerprint density at radius 2 is 1.52 bits per heavy atom. The lowest BCUT2D eigenvalue weighted by molar-refractivity contribution is 0.308. The minimum Gasteiger partial charge on any atom is -0.143 e. The van der Waals surface area contributed by atoms with E-state index in [4.69, 9.17) is 0 Å². The van der Waals surface area contributed by atoms with Gasteiger partial charge >= 0.3 is 0 Å². The molecular weight excluding hydrogens is 292 g/mol. The Morgan fingerprint density at radius 3 is 2.14 bits per heavy atom. The maximum Gasteiger partial charge on any atom is 0.0751 e. The molecule has 0 bridgehead atoms. The molecule has 1 aromatic carbocycles. The normalized spacial score (nSPS) is 27.7. The molecule has 116 valence electrons. The van der Waals surface area contributed by atoms with Crippen LogP contribution in [0, 0.1) is 5.92 Å². The molecule has 21 heavy (non-hydrogen) atoms. The maximum absolute atomic E-state index is 2.43. The number of thioether (sulfide) groups is 2. The van der Waals surface area contributed by atoms with Gasteiger partial charge in [-0.2, -0.15) is 0 Å². The van der Waals surface area contributed by atoms with Crippen molar-refractivity contribution in [2.24, 2.45) is 5.92 Å². The Balaban J connectivity index is 1.57. The average Bonchev–Trinajstić information content (AvgIpc) is 2.57. The van der Waals surface area contributed by atoms with Crippen LogP contribution in [-0.2, 0) is 0 Å². The average molecular weight is 321 g/mol. The summed E-state index contributed by atoms with van der Waals surface area (Å²) < 4.78 is 0.688. The Bertz CT molecular complexity index is 412. The molecule has 0 amide bonds. The van der Waals surface area contributed by atoms with Gasteiger partial charge in [0.2, 0.25) is 0 Å². The molecule has 2 heteroatoms. The molecule has 1 aliphatic heterocycles. The van der Waals surface area contributed by atoms with Gasteiger partial charge in [-0.05, 0) is 66.6 Å². The van der Waals surface area contributed by atoms with Crippen LogP contribution >= 0.6 is 23.5 Å². The first-order chi connectivity index (χ1) is 10.4. The van der Waals surface area contributed by atoms with Crippen LogP contribution < -0.4 is 0 Å². The molecule has 2 aliphatic rings. The van der Waals surface area contributed by atoms with E-state index in [1.54, 1.807) is 5.56 Å². The highest BCUT2D eigenvalue weighted by molar-refractivity contribution is 8.16. The van der Waals surface area contributed by atoms with E-state index in [2.05, 4.69) is 54.7 Å². The zero-order valence-corrected chi connectivity index (χ0v) is 14.9. The molecule has 0 radical (unpaired) electrons. The molecule has 0 N–H and O–H groups in total. The summed E-state index contributed by atoms with van der Waals surface area (Å²) in [6.07, 6.45) is 9.92. The van der Waals surface area contributed by atoms with Crippen molar-refractivity contribution in [2.75, 3.05) is 11.5 Å². The first-order valence-electron chi connectivity index (χ1n) is 8.70. The van der Waals surface area contributed by atoms with Gasteiger partial charge in [-0.25, -0.2) is 0 Å². The molecule has 1 saturated carbocycles. The first kappa shape index (κ1) is 15.8. The Hall–Kier alpha value is -0.0800. The summed E-state index contributed by atoms with van der Waals surface area (Å²) in [7, 11) is 0. The first-order valence-corrected chi connectivity index (χ1v) is 10.8. The second kappa shape index (κ2) is 7.97. The molecule has 0 atom stereocenters. The van der Waals surface area contributed by atoms with Crippen LogP contribution in [0.15, 0.2) is 24.3 Å². The SMILES string of the molecule is CCCC1CCC(c2ccc(C3SCCCS3)cc2)CC1. The summed E-state index contributed by atoms with van der Waals surface area (Å²) in [6.45, 7) is 2.33. The van der Waals surface area contributed by atoms with Crippen molar-refractivity contribution in [2.45, 2.75) is 62.4 Å². The highest BCUT2D eigenvalue weighted by Gasteiger charge is 2.22. The third-order valence-electron chi connectivity index (χ3n) is 5.05. The van der Waals surface area contributed by atoms with Crippen LogP contribution in [0.1, 0.15) is 73.5 Å². The second-order valence-corrected chi connectivity index (χ2v) is 9.32. The fourth-order valence-electron chi connectivity index (χ4n) is 3.80. The minimum absolute atomic E-state index is 0.688. The Kier molecular flexibility index (Phi) is 5.99. The largest absolute Gasteiger partial charge is 0.143 e. The quantitative estimate of drug-likeness (QED) is 0.610. The van der Waals surface area contributed by atoms with Gasteiger partial charge < -0.3 is 0 Å². The van der Waals surface area contributed by atoms with E-state index in [0.717, 1.165) is 11.8 Å². The van der Waals surface area contributed by atoms with E-state index in [0.29, 0.717) is 4.58 Å². The maximum atomic E-state index is 2.43. The summed E-state index contributed by atoms with van der Waals surface area (Å²) in [5, 5.41) is 0. The molecule has 1 saturated heterocycles. The van der Waals surface area contributed by atoms with Gasteiger partial charge in [-0.1, -0.05) is 44.0 Å². The van der Waals surface area contributed by atoms with E-state index in [-0.39, 0.29) is 0 Å². The lowest BCUT2D eigenvalue weighted by atomic mass is 9.77. The van der Waals surface area contributed by atoms with Gasteiger partial charge in [0.05, 0.1) is 4.58 Å². The highest BCUT2D eigenvalue weighted by Crippen LogP contribution is 2.44. The van der Waals surface area contributed by atoms with Gasteiger partial charge in [0.15, 0.2) is 0 Å². The summed E-state index contributed by atoms with van der Waals surface area (Å²) >= 11 is 4.25. The molecule has 1 heterocycles. The summed E-state index contributed by atoms with van der Waals surface area (Å²) in [5.41, 5.74) is 3.13. The molecule has 0 unspecified atom stereocenters. The lowest BCUT2D eigenvalue weighted by Crippen LogP contribution is -2.13. The van der Waals surface area contributed by atoms with Gasteiger partial charge in [-0.15, -0.1) is 23.5 Å². The van der Waals surface area contributed by atoms with E-state index < -0.39 is 0 Å². The fourth-order valence-corrected chi connectivity index (χ4v) is 6.69. The standard InChI is InChI=1S/C19H28S2/c1-2-4-15-5-7-16(8-6-15)17-9-11-18(12-10-17)19-20-13-3-14-21-19/h9-12,15-16,19H,2-8,13-14H2,1H3. The van der Waals surface area contributed by atoms with Crippen LogP contribution in [0.4, 0.5) is 0 Å². The molecule has 1 aliphatic carbocycles. The van der Waals surface area contributed by atoms with Crippen molar-refractivity contribution in [3.8, 4) is 0 Å². The molecule has 1 aromatic rings. The van der Waals surface area contributed by atoms with Crippen molar-refractivity contribution >= 4 is 23.5 Å². The molecule has 0 spiro atoms.